The van der Waals surface area contributed by atoms with Gasteiger partial charge in [-0.1, -0.05) is 63.5 Å². The first-order valence-electron chi connectivity index (χ1n) is 18.2. The number of urea groups is 1. The molecule has 1 saturated heterocycles. The van der Waals surface area contributed by atoms with E-state index in [2.05, 4.69) is 21.7 Å². The van der Waals surface area contributed by atoms with Gasteiger partial charge in [-0.25, -0.2) is 4.79 Å². The highest BCUT2D eigenvalue weighted by Crippen LogP contribution is 2.35. The number of amides is 5. The number of primary amides is 1. The molecule has 0 spiro atoms. The van der Waals surface area contributed by atoms with Gasteiger partial charge in [0.05, 0.1) is 6.04 Å². The van der Waals surface area contributed by atoms with Crippen LogP contribution in [0, 0.1) is 11.8 Å². The topological polar surface area (TPSA) is 171 Å². The van der Waals surface area contributed by atoms with E-state index in [1.165, 1.54) is 4.90 Å². The average molecular weight is 676 g/mol. The van der Waals surface area contributed by atoms with Gasteiger partial charge in [-0.15, -0.1) is 5.73 Å². The number of likely N-dealkylation sites (tertiary alicyclic amines) is 1. The molecule has 1 heterocycles. The molecule has 4 aliphatic rings. The molecular weight excluding hydrogens is 622 g/mol. The van der Waals surface area contributed by atoms with Crippen molar-refractivity contribution in [1.29, 1.82) is 0 Å². The molecule has 3 atom stereocenters. The zero-order valence-corrected chi connectivity index (χ0v) is 29.0. The third-order valence-electron chi connectivity index (χ3n) is 10.7. The van der Waals surface area contributed by atoms with Gasteiger partial charge < -0.3 is 31.7 Å². The van der Waals surface area contributed by atoms with Gasteiger partial charge in [0.2, 0.25) is 17.6 Å². The van der Waals surface area contributed by atoms with Crippen LogP contribution >= 0.6 is 0 Å². The fourth-order valence-corrected chi connectivity index (χ4v) is 8.10. The van der Waals surface area contributed by atoms with Crippen LogP contribution in [0.15, 0.2) is 41.1 Å². The van der Waals surface area contributed by atoms with Crippen LogP contribution in [0.3, 0.4) is 0 Å². The molecule has 1 unspecified atom stereocenters. The maximum atomic E-state index is 14.6. The largest absolute Gasteiger partial charge is 0.508 e. The summed E-state index contributed by atoms with van der Waals surface area (Å²) in [7, 11) is 0. The maximum Gasteiger partial charge on any atom is 0.315 e. The summed E-state index contributed by atoms with van der Waals surface area (Å²) < 4.78 is 0. The van der Waals surface area contributed by atoms with E-state index in [4.69, 9.17) is 5.73 Å². The zero-order valence-electron chi connectivity index (χ0n) is 29.0. The predicted octanol–water partition coefficient (Wildman–Crippen LogP) is 4.32. The summed E-state index contributed by atoms with van der Waals surface area (Å²) in [6.07, 6.45) is 12.3. The Kier molecular flexibility index (Phi) is 11.9. The number of benzene rings is 1. The molecule has 3 saturated carbocycles. The van der Waals surface area contributed by atoms with Crippen LogP contribution in [0.1, 0.15) is 109 Å². The summed E-state index contributed by atoms with van der Waals surface area (Å²) in [4.78, 5) is 68.7. The molecule has 0 radical (unpaired) electrons. The molecule has 11 heteroatoms. The second-order valence-corrected chi connectivity index (χ2v) is 15.0. The van der Waals surface area contributed by atoms with E-state index >= 15 is 0 Å². The SMILES string of the molecule is CC(C)=C=C1CCN(C(=O)[C@@H](NC(=O)NC2(Cc3cccc(O)c3)CCCCC2)C2CCCCC2)[C@@H]1C(=O)NC(CC1CC1)C(=O)C(N)=O. The molecule has 1 aromatic carbocycles. The Morgan fingerprint density at radius 3 is 2.31 bits per heavy atom. The standard InChI is InChI=1S/C38H53N5O6/c1-24(2)20-28-16-19-43(32(28)35(47)40-30(22-25-14-15-25)33(45)34(39)46)36(48)31(27-11-5-3-6-12-27)41-37(49)42-38(17-7-4-8-18-38)23-26-10-9-13-29(44)21-26/h9-10,13,21,25,27,30-32,44H,3-8,11-12,14-19,22-23H2,1-2H3,(H2,39,46)(H,40,47)(H2,41,42,49)/t30?,31-,32-/m0/s1. The summed E-state index contributed by atoms with van der Waals surface area (Å²) in [6, 6.07) is 3.76. The third kappa shape index (κ3) is 9.53. The van der Waals surface area contributed by atoms with Crippen LogP contribution in [0.25, 0.3) is 0 Å². The molecule has 1 aliphatic heterocycles. The van der Waals surface area contributed by atoms with E-state index in [0.29, 0.717) is 24.8 Å². The van der Waals surface area contributed by atoms with Gasteiger partial charge in [0.15, 0.2) is 0 Å². The first-order chi connectivity index (χ1) is 23.4. The van der Waals surface area contributed by atoms with E-state index in [1.54, 1.807) is 18.2 Å². The molecule has 5 amide bonds. The molecule has 0 aromatic heterocycles. The Morgan fingerprint density at radius 2 is 1.67 bits per heavy atom. The Bertz CT molecular complexity index is 1480. The van der Waals surface area contributed by atoms with E-state index < -0.39 is 47.3 Å². The quantitative estimate of drug-likeness (QED) is 0.163. The van der Waals surface area contributed by atoms with Gasteiger partial charge in [-0.2, -0.15) is 0 Å². The molecule has 4 fully saturated rings. The molecule has 6 N–H and O–H groups in total. The predicted molar refractivity (Wildman–Crippen MR) is 185 cm³/mol. The third-order valence-corrected chi connectivity index (χ3v) is 10.7. The lowest BCUT2D eigenvalue weighted by atomic mass is 9.77. The van der Waals surface area contributed by atoms with Gasteiger partial charge in [-0.05, 0) is 93.9 Å². The number of aromatic hydroxyl groups is 1. The number of ketones is 1. The fraction of sp³-hybridized carbons (Fsp3) is 0.632. The molecule has 266 valence electrons. The molecule has 5 rings (SSSR count). The lowest BCUT2D eigenvalue weighted by molar-refractivity contribution is -0.142. The second-order valence-electron chi connectivity index (χ2n) is 15.0. The van der Waals surface area contributed by atoms with Crippen LogP contribution in [0.5, 0.6) is 5.75 Å². The summed E-state index contributed by atoms with van der Waals surface area (Å²) in [5.41, 5.74) is 10.5. The minimum Gasteiger partial charge on any atom is -0.508 e. The van der Waals surface area contributed by atoms with Crippen LogP contribution in [-0.4, -0.2) is 69.8 Å². The Hall–Kier alpha value is -4.11. The molecule has 0 bridgehead atoms. The number of carbonyl (C=O) groups excluding carboxylic acids is 5. The number of hydrogen-bond acceptors (Lipinski definition) is 6. The fourth-order valence-electron chi connectivity index (χ4n) is 8.10. The zero-order chi connectivity index (χ0) is 35.1. The highest BCUT2D eigenvalue weighted by molar-refractivity contribution is 6.37. The number of nitrogens with zero attached hydrogens (tertiary/aromatic N) is 1. The van der Waals surface area contributed by atoms with Gasteiger partial charge in [-0.3, -0.25) is 19.2 Å². The van der Waals surface area contributed by atoms with Crippen molar-refractivity contribution in [2.24, 2.45) is 17.6 Å². The molecular formula is C38H53N5O6. The van der Waals surface area contributed by atoms with Crippen molar-refractivity contribution in [3.8, 4) is 5.75 Å². The maximum absolute atomic E-state index is 14.6. The van der Waals surface area contributed by atoms with Crippen molar-refractivity contribution in [3.05, 3.63) is 46.7 Å². The van der Waals surface area contributed by atoms with Crippen molar-refractivity contribution in [1.82, 2.24) is 20.9 Å². The van der Waals surface area contributed by atoms with Gasteiger partial charge in [0.1, 0.15) is 17.8 Å². The van der Waals surface area contributed by atoms with Crippen molar-refractivity contribution in [2.75, 3.05) is 6.54 Å². The average Bonchev–Trinajstić information content (AvgIpc) is 3.79. The number of rotatable bonds is 12. The van der Waals surface area contributed by atoms with E-state index in [-0.39, 0.29) is 30.0 Å². The number of phenolic OH excluding ortho intramolecular Hbond substituents is 1. The first kappa shape index (κ1) is 36.2. The number of phenols is 1. The number of nitrogens with one attached hydrogen (secondary N) is 3. The van der Waals surface area contributed by atoms with Crippen molar-refractivity contribution >= 4 is 29.5 Å². The lowest BCUT2D eigenvalue weighted by Gasteiger charge is -2.40. The molecule has 11 nitrogen and oxygen atoms in total. The Labute approximate surface area is 289 Å². The van der Waals surface area contributed by atoms with Crippen LogP contribution in [0.2, 0.25) is 0 Å². The Morgan fingerprint density at radius 1 is 0.980 bits per heavy atom. The second kappa shape index (κ2) is 16.1. The summed E-state index contributed by atoms with van der Waals surface area (Å²) in [5, 5.41) is 19.2. The summed E-state index contributed by atoms with van der Waals surface area (Å²) in [6.45, 7) is 4.00. The van der Waals surface area contributed by atoms with Crippen molar-refractivity contribution in [3.63, 3.8) is 0 Å². The van der Waals surface area contributed by atoms with Gasteiger partial charge >= 0.3 is 6.03 Å². The lowest BCUT2D eigenvalue weighted by Crippen LogP contribution is -2.61. The van der Waals surface area contributed by atoms with E-state index in [1.807, 2.05) is 19.9 Å². The van der Waals surface area contributed by atoms with Gasteiger partial charge in [0.25, 0.3) is 5.91 Å². The highest BCUT2D eigenvalue weighted by Gasteiger charge is 2.45. The minimum absolute atomic E-state index is 0.0976. The number of hydrogen-bond donors (Lipinski definition) is 5. The first-order valence-corrected chi connectivity index (χ1v) is 18.2. The normalized spacial score (nSPS) is 22.0. The van der Waals surface area contributed by atoms with E-state index in [9.17, 15) is 29.1 Å². The van der Waals surface area contributed by atoms with Crippen LogP contribution in [0.4, 0.5) is 4.79 Å². The van der Waals surface area contributed by atoms with Crippen LogP contribution < -0.4 is 21.7 Å². The highest BCUT2D eigenvalue weighted by atomic mass is 16.3. The number of Topliss-reactive ketones (excluding diaryl/α,β-unsaturated/α-hetero) is 1. The molecule has 1 aromatic rings. The minimum atomic E-state index is -1.10. The molecule has 3 aliphatic carbocycles. The van der Waals surface area contributed by atoms with Crippen molar-refractivity contribution in [2.45, 2.75) is 134 Å². The molecule has 49 heavy (non-hydrogen) atoms. The number of carbonyl (C=O) groups is 5. The summed E-state index contributed by atoms with van der Waals surface area (Å²) >= 11 is 0. The number of nitrogens with two attached hydrogens (primary N) is 1. The van der Waals surface area contributed by atoms with Crippen LogP contribution in [-0.2, 0) is 25.6 Å². The Balaban J connectivity index is 1.39. The van der Waals surface area contributed by atoms with Gasteiger partial charge in [0, 0.05) is 17.7 Å². The van der Waals surface area contributed by atoms with E-state index in [0.717, 1.165) is 88.2 Å². The summed E-state index contributed by atoms with van der Waals surface area (Å²) in [5.74, 6) is -2.50. The smallest absolute Gasteiger partial charge is 0.315 e. The monoisotopic (exact) mass is 675 g/mol. The van der Waals surface area contributed by atoms with Crippen molar-refractivity contribution < 1.29 is 29.1 Å².